The Morgan fingerprint density at radius 1 is 1.44 bits per heavy atom. The molecule has 0 spiro atoms. The van der Waals surface area contributed by atoms with Gasteiger partial charge in [-0.2, -0.15) is 0 Å². The number of nitrogens with two attached hydrogens (primary N) is 1. The molecule has 0 aliphatic carbocycles. The first-order valence-corrected chi connectivity index (χ1v) is 7.86. The maximum absolute atomic E-state index is 11.9. The van der Waals surface area contributed by atoms with Crippen molar-refractivity contribution in [2.24, 2.45) is 11.7 Å². The molecule has 0 bridgehead atoms. The molecule has 0 saturated carbocycles. The quantitative estimate of drug-likeness (QED) is 0.711. The maximum Gasteiger partial charge on any atom is 0.322 e. The summed E-state index contributed by atoms with van der Waals surface area (Å²) in [6.45, 7) is 4.66. The van der Waals surface area contributed by atoms with Gasteiger partial charge in [-0.15, -0.1) is 0 Å². The summed E-state index contributed by atoms with van der Waals surface area (Å²) in [6, 6.07) is 0.0833. The van der Waals surface area contributed by atoms with Gasteiger partial charge in [0.25, 0.3) is 0 Å². The summed E-state index contributed by atoms with van der Waals surface area (Å²) in [4.78, 5) is 11.2. The average molecular weight is 278 g/mol. The summed E-state index contributed by atoms with van der Waals surface area (Å²) in [6.07, 6.45) is 1.50. The lowest BCUT2D eigenvalue weighted by Crippen LogP contribution is -2.44. The van der Waals surface area contributed by atoms with Gasteiger partial charge in [0.1, 0.15) is 0 Å². The molecule has 0 aromatic heterocycles. The van der Waals surface area contributed by atoms with Crippen LogP contribution in [0.1, 0.15) is 26.7 Å². The Bertz CT molecular complexity index is 373. The van der Waals surface area contributed by atoms with Crippen LogP contribution in [0, 0.1) is 5.92 Å². The topological polar surface area (TPSA) is 89.7 Å². The molecule has 1 aliphatic rings. The summed E-state index contributed by atoms with van der Waals surface area (Å²) in [5.74, 6) is -0.894. The minimum atomic E-state index is -3.54. The molecule has 1 fully saturated rings. The van der Waals surface area contributed by atoms with Crippen LogP contribution in [0.15, 0.2) is 0 Å². The Morgan fingerprint density at radius 2 is 2.00 bits per heavy atom. The van der Waals surface area contributed by atoms with Gasteiger partial charge in [-0.25, -0.2) is 12.7 Å². The highest BCUT2D eigenvalue weighted by Gasteiger charge is 2.31. The van der Waals surface area contributed by atoms with Crippen LogP contribution in [0.3, 0.4) is 0 Å². The fourth-order valence-corrected chi connectivity index (χ4v) is 3.45. The van der Waals surface area contributed by atoms with Crippen molar-refractivity contribution in [3.8, 4) is 0 Å². The van der Waals surface area contributed by atoms with Gasteiger partial charge in [0.15, 0.2) is 5.75 Å². The van der Waals surface area contributed by atoms with Crippen LogP contribution in [-0.2, 0) is 19.6 Å². The second-order valence-electron chi connectivity index (χ2n) is 4.66. The number of ether oxygens (including phenoxy) is 1. The smallest absolute Gasteiger partial charge is 0.322 e. The average Bonchev–Trinajstić information content (AvgIpc) is 2.28. The van der Waals surface area contributed by atoms with Crippen molar-refractivity contribution in [1.29, 1.82) is 0 Å². The van der Waals surface area contributed by atoms with Gasteiger partial charge >= 0.3 is 5.97 Å². The minimum Gasteiger partial charge on any atom is -0.465 e. The van der Waals surface area contributed by atoms with Crippen molar-refractivity contribution < 1.29 is 17.9 Å². The lowest BCUT2D eigenvalue weighted by Gasteiger charge is -2.32. The van der Waals surface area contributed by atoms with E-state index >= 15 is 0 Å². The van der Waals surface area contributed by atoms with Crippen LogP contribution in [0.5, 0.6) is 0 Å². The highest BCUT2D eigenvalue weighted by atomic mass is 32.2. The van der Waals surface area contributed by atoms with Crippen molar-refractivity contribution in [2.75, 3.05) is 25.4 Å². The Morgan fingerprint density at radius 3 is 2.44 bits per heavy atom. The predicted octanol–water partition coefficient (Wildman–Crippen LogP) is -0.0615. The van der Waals surface area contributed by atoms with E-state index in [0.29, 0.717) is 19.0 Å². The largest absolute Gasteiger partial charge is 0.465 e. The normalized spacial score (nSPS) is 20.6. The van der Waals surface area contributed by atoms with E-state index in [1.807, 2.05) is 6.92 Å². The SMILES string of the molecule is CCOC(=O)CS(=O)(=O)N1CCC(C(C)N)CC1. The first-order valence-electron chi connectivity index (χ1n) is 6.26. The highest BCUT2D eigenvalue weighted by molar-refractivity contribution is 7.89. The molecule has 18 heavy (non-hydrogen) atoms. The molecule has 7 heteroatoms. The molecule has 0 radical (unpaired) electrons. The Labute approximate surface area is 109 Å². The van der Waals surface area contributed by atoms with E-state index in [0.717, 1.165) is 12.8 Å². The lowest BCUT2D eigenvalue weighted by atomic mass is 9.92. The standard InChI is InChI=1S/C11H22N2O4S/c1-3-17-11(14)8-18(15,16)13-6-4-10(5-7-13)9(2)12/h9-10H,3-8,12H2,1-2H3. The van der Waals surface area contributed by atoms with Crippen LogP contribution in [0.25, 0.3) is 0 Å². The van der Waals surface area contributed by atoms with E-state index in [2.05, 4.69) is 4.74 Å². The molecule has 0 aromatic carbocycles. The first kappa shape index (κ1) is 15.4. The molecule has 0 aromatic rings. The van der Waals surface area contributed by atoms with Crippen LogP contribution >= 0.6 is 0 Å². The molecule has 0 amide bonds. The van der Waals surface area contributed by atoms with E-state index in [1.54, 1.807) is 6.92 Å². The van der Waals surface area contributed by atoms with Gasteiger partial charge in [0, 0.05) is 19.1 Å². The fraction of sp³-hybridized carbons (Fsp3) is 0.909. The van der Waals surface area contributed by atoms with Gasteiger partial charge in [0.2, 0.25) is 10.0 Å². The van der Waals surface area contributed by atoms with Gasteiger partial charge in [-0.05, 0) is 32.6 Å². The van der Waals surface area contributed by atoms with Gasteiger partial charge in [-0.1, -0.05) is 0 Å². The first-order chi connectivity index (χ1) is 8.36. The lowest BCUT2D eigenvalue weighted by molar-refractivity contribution is -0.140. The molecular weight excluding hydrogens is 256 g/mol. The molecule has 1 unspecified atom stereocenters. The summed E-state index contributed by atoms with van der Waals surface area (Å²) < 4.78 is 29.9. The van der Waals surface area contributed by atoms with E-state index in [-0.39, 0.29) is 12.6 Å². The zero-order valence-corrected chi connectivity index (χ0v) is 11.8. The molecule has 1 heterocycles. The fourth-order valence-electron chi connectivity index (χ4n) is 2.12. The molecular formula is C11H22N2O4S. The minimum absolute atomic E-state index is 0.0833. The maximum atomic E-state index is 11.9. The van der Waals surface area contributed by atoms with E-state index in [1.165, 1.54) is 4.31 Å². The Balaban J connectivity index is 2.53. The zero-order valence-electron chi connectivity index (χ0n) is 11.0. The van der Waals surface area contributed by atoms with Gasteiger partial charge < -0.3 is 10.5 Å². The van der Waals surface area contributed by atoms with Crippen LogP contribution in [-0.4, -0.2) is 50.2 Å². The molecule has 1 aliphatic heterocycles. The predicted molar refractivity (Wildman–Crippen MR) is 68.4 cm³/mol. The molecule has 2 N–H and O–H groups in total. The van der Waals surface area contributed by atoms with Crippen molar-refractivity contribution in [3.63, 3.8) is 0 Å². The third kappa shape index (κ3) is 4.22. The second-order valence-corrected chi connectivity index (χ2v) is 6.63. The number of esters is 1. The third-order valence-corrected chi connectivity index (χ3v) is 4.99. The Kier molecular flexibility index (Phi) is 5.55. The zero-order chi connectivity index (χ0) is 13.8. The van der Waals surface area contributed by atoms with E-state index in [9.17, 15) is 13.2 Å². The molecule has 1 rings (SSSR count). The molecule has 1 atom stereocenters. The number of hydrogen-bond acceptors (Lipinski definition) is 5. The Hall–Kier alpha value is -0.660. The summed E-state index contributed by atoms with van der Waals surface area (Å²) >= 11 is 0. The third-order valence-electron chi connectivity index (χ3n) is 3.24. The number of hydrogen-bond donors (Lipinski definition) is 1. The van der Waals surface area contributed by atoms with Crippen molar-refractivity contribution in [3.05, 3.63) is 0 Å². The van der Waals surface area contributed by atoms with Gasteiger partial charge in [-0.3, -0.25) is 4.79 Å². The highest BCUT2D eigenvalue weighted by Crippen LogP contribution is 2.21. The van der Waals surface area contributed by atoms with Crippen LogP contribution in [0.2, 0.25) is 0 Å². The van der Waals surface area contributed by atoms with Crippen LogP contribution < -0.4 is 5.73 Å². The molecule has 106 valence electrons. The van der Waals surface area contributed by atoms with Crippen molar-refractivity contribution >= 4 is 16.0 Å². The van der Waals surface area contributed by atoms with Gasteiger partial charge in [0.05, 0.1) is 6.61 Å². The summed E-state index contributed by atoms with van der Waals surface area (Å²) in [5, 5.41) is 0. The molecule has 1 saturated heterocycles. The summed E-state index contributed by atoms with van der Waals surface area (Å²) in [7, 11) is -3.54. The number of piperidine rings is 1. The monoisotopic (exact) mass is 278 g/mol. The van der Waals surface area contributed by atoms with Crippen molar-refractivity contribution in [1.82, 2.24) is 4.31 Å². The van der Waals surface area contributed by atoms with E-state index in [4.69, 9.17) is 5.73 Å². The number of sulfonamides is 1. The number of nitrogens with zero attached hydrogens (tertiary/aromatic N) is 1. The number of carbonyl (C=O) groups is 1. The second kappa shape index (κ2) is 6.49. The van der Waals surface area contributed by atoms with E-state index < -0.39 is 21.7 Å². The summed E-state index contributed by atoms with van der Waals surface area (Å²) in [5.41, 5.74) is 5.80. The van der Waals surface area contributed by atoms with Crippen LogP contribution in [0.4, 0.5) is 0 Å². The van der Waals surface area contributed by atoms with Crippen molar-refractivity contribution in [2.45, 2.75) is 32.7 Å². The number of rotatable bonds is 5. The number of carbonyl (C=O) groups excluding carboxylic acids is 1. The molecule has 6 nitrogen and oxygen atoms in total.